The standard InChI is InChI=1S/C9H7N5OS3/c1-5-8(16-3-2-10)17-9(12-5)13-7(15)6-4-11-14-18-6/h4H,3H2,1H3,(H,12,13,15). The van der Waals surface area contributed by atoms with Gasteiger partial charge in [-0.25, -0.2) is 4.98 Å². The van der Waals surface area contributed by atoms with Crippen LogP contribution < -0.4 is 5.32 Å². The van der Waals surface area contributed by atoms with Crippen LogP contribution in [-0.2, 0) is 0 Å². The first-order valence-corrected chi connectivity index (χ1v) is 7.34. The molecule has 0 aliphatic rings. The first-order valence-electron chi connectivity index (χ1n) is 4.76. The number of thioether (sulfide) groups is 1. The third-order valence-electron chi connectivity index (χ3n) is 1.83. The SMILES string of the molecule is Cc1nc(NC(=O)c2cnns2)sc1SCC#N. The van der Waals surface area contributed by atoms with Crippen molar-refractivity contribution in [2.45, 2.75) is 11.1 Å². The summed E-state index contributed by atoms with van der Waals surface area (Å²) in [5.74, 6) is 0.102. The third-order valence-corrected chi connectivity index (χ3v) is 4.79. The van der Waals surface area contributed by atoms with Crippen LogP contribution in [0.1, 0.15) is 15.4 Å². The van der Waals surface area contributed by atoms with Crippen LogP contribution in [0.3, 0.4) is 0 Å². The molecule has 0 aromatic carbocycles. The number of anilines is 1. The lowest BCUT2D eigenvalue weighted by Gasteiger charge is -1.95. The van der Waals surface area contributed by atoms with Gasteiger partial charge in [0.15, 0.2) is 5.13 Å². The number of nitrogens with zero attached hydrogens (tertiary/aromatic N) is 4. The zero-order valence-corrected chi connectivity index (χ0v) is 11.7. The number of hydrogen-bond acceptors (Lipinski definition) is 8. The predicted octanol–water partition coefficient (Wildman–Crippen LogP) is 2.17. The van der Waals surface area contributed by atoms with Crippen LogP contribution in [0.2, 0.25) is 0 Å². The predicted molar refractivity (Wildman–Crippen MR) is 71.1 cm³/mol. The Morgan fingerprint density at radius 2 is 2.50 bits per heavy atom. The molecule has 2 aromatic rings. The average molecular weight is 297 g/mol. The zero-order valence-electron chi connectivity index (χ0n) is 9.21. The molecule has 1 N–H and O–H groups in total. The van der Waals surface area contributed by atoms with Crippen LogP contribution in [-0.4, -0.2) is 26.2 Å². The molecule has 6 nitrogen and oxygen atoms in total. The quantitative estimate of drug-likeness (QED) is 0.870. The minimum Gasteiger partial charge on any atom is -0.297 e. The van der Waals surface area contributed by atoms with Crippen LogP contribution in [0.15, 0.2) is 10.4 Å². The number of aryl methyl sites for hydroxylation is 1. The highest BCUT2D eigenvalue weighted by atomic mass is 32.2. The van der Waals surface area contributed by atoms with Crippen LogP contribution in [0.5, 0.6) is 0 Å². The minimum absolute atomic E-state index is 0.268. The summed E-state index contributed by atoms with van der Waals surface area (Å²) in [4.78, 5) is 16.4. The van der Waals surface area contributed by atoms with E-state index in [1.54, 1.807) is 0 Å². The van der Waals surface area contributed by atoms with Gasteiger partial charge in [-0.15, -0.1) is 5.10 Å². The molecular weight excluding hydrogens is 290 g/mol. The van der Waals surface area contributed by atoms with Crippen LogP contribution >= 0.6 is 34.6 Å². The number of thiazole rings is 1. The Balaban J connectivity index is 2.06. The summed E-state index contributed by atoms with van der Waals surface area (Å²) >= 11 is 3.80. The molecule has 0 bridgehead atoms. The molecule has 2 rings (SSSR count). The smallest absolute Gasteiger partial charge is 0.270 e. The van der Waals surface area contributed by atoms with Crippen molar-refractivity contribution in [2.24, 2.45) is 0 Å². The van der Waals surface area contributed by atoms with Crippen molar-refractivity contribution in [1.82, 2.24) is 14.6 Å². The van der Waals surface area contributed by atoms with E-state index in [1.807, 2.05) is 6.92 Å². The molecule has 1 amide bonds. The number of nitriles is 1. The maximum Gasteiger partial charge on any atom is 0.270 e. The molecule has 0 unspecified atom stereocenters. The minimum atomic E-state index is -0.268. The Morgan fingerprint density at radius 1 is 1.67 bits per heavy atom. The lowest BCUT2D eigenvalue weighted by molar-refractivity contribution is 0.103. The summed E-state index contributed by atoms with van der Waals surface area (Å²) < 4.78 is 4.56. The second-order valence-corrected chi connectivity index (χ2v) is 6.10. The Morgan fingerprint density at radius 3 is 3.17 bits per heavy atom. The van der Waals surface area contributed by atoms with Gasteiger partial charge in [-0.1, -0.05) is 27.6 Å². The molecule has 0 fully saturated rings. The fraction of sp³-hybridized carbons (Fsp3) is 0.222. The van der Waals surface area contributed by atoms with Gasteiger partial charge in [0.2, 0.25) is 0 Å². The van der Waals surface area contributed by atoms with Crippen LogP contribution in [0.4, 0.5) is 5.13 Å². The molecule has 0 saturated heterocycles. The fourth-order valence-corrected chi connectivity index (χ4v) is 3.30. The molecular formula is C9H7N5OS3. The summed E-state index contributed by atoms with van der Waals surface area (Å²) in [6, 6.07) is 2.06. The van der Waals surface area contributed by atoms with Crippen molar-refractivity contribution in [3.63, 3.8) is 0 Å². The summed E-state index contributed by atoms with van der Waals surface area (Å²) in [6.07, 6.45) is 1.41. The number of hydrogen-bond donors (Lipinski definition) is 1. The molecule has 9 heteroatoms. The van der Waals surface area contributed by atoms with Gasteiger partial charge in [-0.05, 0) is 18.5 Å². The van der Waals surface area contributed by atoms with Gasteiger partial charge in [-0.3, -0.25) is 10.1 Å². The van der Waals surface area contributed by atoms with E-state index in [1.165, 1.54) is 29.3 Å². The van der Waals surface area contributed by atoms with E-state index in [9.17, 15) is 4.79 Å². The van der Waals surface area contributed by atoms with Gasteiger partial charge >= 0.3 is 0 Å². The van der Waals surface area contributed by atoms with Gasteiger partial charge in [0.25, 0.3) is 5.91 Å². The van der Waals surface area contributed by atoms with Gasteiger partial charge in [0.05, 0.1) is 27.9 Å². The Labute approximate surface area is 115 Å². The van der Waals surface area contributed by atoms with Gasteiger partial charge in [0.1, 0.15) is 4.88 Å². The first-order chi connectivity index (χ1) is 8.70. The highest BCUT2D eigenvalue weighted by Crippen LogP contribution is 2.31. The maximum atomic E-state index is 11.7. The highest BCUT2D eigenvalue weighted by molar-refractivity contribution is 8.01. The summed E-state index contributed by atoms with van der Waals surface area (Å²) in [6.45, 7) is 1.85. The lowest BCUT2D eigenvalue weighted by Crippen LogP contribution is -2.09. The zero-order chi connectivity index (χ0) is 13.0. The summed E-state index contributed by atoms with van der Waals surface area (Å²) in [5, 5.41) is 15.3. The molecule has 2 heterocycles. The number of rotatable bonds is 4. The molecule has 92 valence electrons. The summed E-state index contributed by atoms with van der Waals surface area (Å²) in [7, 11) is 0. The molecule has 0 aliphatic carbocycles. The first kappa shape index (κ1) is 12.9. The van der Waals surface area contributed by atoms with Gasteiger partial charge < -0.3 is 0 Å². The largest absolute Gasteiger partial charge is 0.297 e. The molecule has 0 spiro atoms. The van der Waals surface area contributed by atoms with E-state index in [-0.39, 0.29) is 5.91 Å². The van der Waals surface area contributed by atoms with E-state index >= 15 is 0 Å². The Bertz CT molecular complexity index is 586. The molecule has 0 radical (unpaired) electrons. The molecule has 0 aliphatic heterocycles. The van der Waals surface area contributed by atoms with Crippen molar-refractivity contribution in [3.05, 3.63) is 16.8 Å². The number of amides is 1. The Kier molecular flexibility index (Phi) is 4.24. The molecule has 2 aromatic heterocycles. The van der Waals surface area contributed by atoms with Crippen molar-refractivity contribution < 1.29 is 4.79 Å². The second kappa shape index (κ2) is 5.90. The summed E-state index contributed by atoms with van der Waals surface area (Å²) in [5.41, 5.74) is 0.818. The topological polar surface area (TPSA) is 91.6 Å². The van der Waals surface area contributed by atoms with E-state index in [0.717, 1.165) is 21.4 Å². The van der Waals surface area contributed by atoms with Crippen molar-refractivity contribution in [2.75, 3.05) is 11.1 Å². The Hall–Kier alpha value is -1.50. The lowest BCUT2D eigenvalue weighted by atomic mass is 10.5. The van der Waals surface area contributed by atoms with E-state index in [0.29, 0.717) is 15.8 Å². The van der Waals surface area contributed by atoms with Crippen molar-refractivity contribution in [3.8, 4) is 6.07 Å². The highest BCUT2D eigenvalue weighted by Gasteiger charge is 2.13. The van der Waals surface area contributed by atoms with E-state index in [4.69, 9.17) is 5.26 Å². The third kappa shape index (κ3) is 3.04. The molecule has 18 heavy (non-hydrogen) atoms. The van der Waals surface area contributed by atoms with Gasteiger partial charge in [0, 0.05) is 0 Å². The van der Waals surface area contributed by atoms with Crippen molar-refractivity contribution >= 4 is 45.7 Å². The van der Waals surface area contributed by atoms with Gasteiger partial charge in [-0.2, -0.15) is 5.26 Å². The number of aromatic nitrogens is 3. The second-order valence-electron chi connectivity index (χ2n) is 3.07. The van der Waals surface area contributed by atoms with Crippen molar-refractivity contribution in [1.29, 1.82) is 5.26 Å². The monoisotopic (exact) mass is 297 g/mol. The fourth-order valence-electron chi connectivity index (χ4n) is 1.09. The van der Waals surface area contributed by atoms with Crippen LogP contribution in [0, 0.1) is 18.3 Å². The number of carbonyl (C=O) groups is 1. The van der Waals surface area contributed by atoms with E-state index in [2.05, 4.69) is 26.0 Å². The van der Waals surface area contributed by atoms with E-state index < -0.39 is 0 Å². The molecule has 0 saturated carbocycles. The normalized spacial score (nSPS) is 10.0. The number of carbonyl (C=O) groups excluding carboxylic acids is 1. The maximum absolute atomic E-state index is 11.7. The average Bonchev–Trinajstić information content (AvgIpc) is 2.96. The molecule has 0 atom stereocenters. The number of nitrogens with one attached hydrogen (secondary N) is 1. The van der Waals surface area contributed by atoms with Crippen LogP contribution in [0.25, 0.3) is 0 Å².